The van der Waals surface area contributed by atoms with Crippen LogP contribution >= 0.6 is 0 Å². The van der Waals surface area contributed by atoms with Gasteiger partial charge in [-0.25, -0.2) is 0 Å². The Morgan fingerprint density at radius 2 is 1.49 bits per heavy atom. The van der Waals surface area contributed by atoms with Crippen molar-refractivity contribution in [1.29, 1.82) is 0 Å². The fourth-order valence-corrected chi connectivity index (χ4v) is 12.9. The number of carbonyl (C=O) groups excluding carboxylic acids is 2. The zero-order chi connectivity index (χ0) is 55.2. The van der Waals surface area contributed by atoms with Crippen molar-refractivity contribution in [3.05, 3.63) is 59.3 Å². The van der Waals surface area contributed by atoms with E-state index in [9.17, 15) is 14.7 Å². The van der Waals surface area contributed by atoms with E-state index in [1.54, 1.807) is 14.2 Å². The molecule has 0 aromatic carbocycles. The molecule has 0 aromatic rings. The van der Waals surface area contributed by atoms with Crippen molar-refractivity contribution < 1.29 is 71.2 Å². The molecule has 0 saturated carbocycles. The lowest BCUT2D eigenvalue weighted by Gasteiger charge is -2.49. The number of rotatable bonds is 11. The molecule has 7 rings (SSSR count). The highest BCUT2D eigenvalue weighted by Gasteiger charge is 2.62. The van der Waals surface area contributed by atoms with Crippen molar-refractivity contribution in [1.82, 2.24) is 0 Å². The number of methoxy groups -OCH3 is 2. The van der Waals surface area contributed by atoms with Gasteiger partial charge in [-0.15, -0.1) is 0 Å². The van der Waals surface area contributed by atoms with Gasteiger partial charge >= 0.3 is 11.9 Å². The molecule has 6 aliphatic heterocycles. The van der Waals surface area contributed by atoms with Gasteiger partial charge in [0.05, 0.1) is 54.7 Å². The first kappa shape index (κ1) is 60.1. The molecule has 7 aliphatic rings. The van der Waals surface area contributed by atoms with Crippen LogP contribution in [0.25, 0.3) is 0 Å². The lowest BCUT2D eigenvalue weighted by Crippen LogP contribution is -2.60. The summed E-state index contributed by atoms with van der Waals surface area (Å²) >= 11 is 0. The van der Waals surface area contributed by atoms with Crippen LogP contribution in [-0.2, 0) is 66.1 Å². The molecule has 16 heteroatoms. The molecule has 2 bridgehead atoms. The normalized spacial score (nSPS) is 43.3. The van der Waals surface area contributed by atoms with Gasteiger partial charge in [0.1, 0.15) is 35.9 Å². The molecule has 1 aliphatic carbocycles. The third-order valence-corrected chi connectivity index (χ3v) is 22.0. The molecule has 6 heterocycles. The highest BCUT2D eigenvalue weighted by Crippen LogP contribution is 2.50. The van der Waals surface area contributed by atoms with Gasteiger partial charge in [0, 0.05) is 51.7 Å². The van der Waals surface area contributed by atoms with Crippen molar-refractivity contribution in [3.8, 4) is 0 Å². The Hall–Kier alpha value is -2.58. The second-order valence-corrected chi connectivity index (χ2v) is 30.2. The summed E-state index contributed by atoms with van der Waals surface area (Å²) in [5.74, 6) is -2.79. The monoisotopic (exact) mass is 1070 g/mol. The molecule has 0 aromatic heterocycles. The summed E-state index contributed by atoms with van der Waals surface area (Å²) in [4.78, 5) is 27.8. The first-order chi connectivity index (χ1) is 35.0. The largest absolute Gasteiger partial charge is 0.462 e. The van der Waals surface area contributed by atoms with Crippen LogP contribution in [-0.4, -0.2) is 143 Å². The smallest absolute Gasteiger partial charge is 0.316 e. The number of aliphatic hydroxyl groups is 1. The zero-order valence-corrected chi connectivity index (χ0v) is 49.5. The van der Waals surface area contributed by atoms with Gasteiger partial charge in [0.2, 0.25) is 0 Å². The van der Waals surface area contributed by atoms with Crippen LogP contribution in [0, 0.1) is 29.1 Å². The van der Waals surface area contributed by atoms with Gasteiger partial charge in [-0.3, -0.25) is 9.59 Å². The third-order valence-electron chi connectivity index (χ3n) is 17.5. The van der Waals surface area contributed by atoms with Gasteiger partial charge in [-0.05, 0) is 102 Å². The zero-order valence-electron chi connectivity index (χ0n) is 48.5. The maximum atomic E-state index is 14.9. The molecule has 1 spiro atoms. The minimum absolute atomic E-state index is 0.0978. The van der Waals surface area contributed by atoms with Crippen molar-refractivity contribution >= 4 is 20.3 Å². The van der Waals surface area contributed by atoms with Gasteiger partial charge in [-0.2, -0.15) is 0 Å². The Bertz CT molecular complexity index is 2160. The quantitative estimate of drug-likeness (QED) is 0.118. The third kappa shape index (κ3) is 13.0. The van der Waals surface area contributed by atoms with E-state index in [-0.39, 0.29) is 41.5 Å². The number of ether oxygens (including phenoxy) is 11. The number of hydrogen-bond acceptors (Lipinski definition) is 15. The Labute approximate surface area is 449 Å². The van der Waals surface area contributed by atoms with Crippen LogP contribution in [0.3, 0.4) is 0 Å². The van der Waals surface area contributed by atoms with Gasteiger partial charge in [0.15, 0.2) is 32.8 Å². The van der Waals surface area contributed by atoms with Gasteiger partial charge in [0.25, 0.3) is 0 Å². The summed E-state index contributed by atoms with van der Waals surface area (Å²) in [6.07, 6.45) is 9.75. The summed E-state index contributed by atoms with van der Waals surface area (Å²) < 4.78 is 78.8. The number of hydrogen-bond donors (Lipinski definition) is 1. The Morgan fingerprint density at radius 3 is 2.12 bits per heavy atom. The number of fused-ring (bicyclic) bond motifs is 2. The van der Waals surface area contributed by atoms with E-state index < -0.39 is 117 Å². The Balaban J connectivity index is 1.18. The van der Waals surface area contributed by atoms with Gasteiger partial charge < -0.3 is 61.6 Å². The predicted octanol–water partition coefficient (Wildman–Crippen LogP) is 10.0. The minimum atomic E-state index is -2.39. The SMILES string of the molecule is CC[C@H](C)[C@H]1O[C@]2(C=C[C@@H]1C)C[C@@H]1C[C@@H](C/C=C(\C)[C@@H](O[C@H]3C[C@@H](OC)[C@@H](O[C@H]4C[C@@H](OC)[C@@H](OC(=O)C(C)(C)C)[C@H](C)O4)[C@H](C)O3)[C@@H](C)/C=C/C=C3\CO[C@@H]4[C@H](O[Si](C)(C)C(C)(C)C)C(C)=C[C@@H](C(=O)O1)[C@]34O)O2. The molecule has 4 saturated heterocycles. The standard InChI is InChI=1S/C59H94O15Si/c1-19-33(2)49-36(5)25-26-58(73-49)31-42-28-41(72-58)24-23-35(4)48(69-46-29-44(63-15)51(38(7)66-46)70-47-30-45(64-16)52(39(8)67-47)71-55(61)56(9,10)11)34(3)21-20-22-40-32-65-53-50(74-75(17,18)57(12,13)14)37(6)27-43(54(60)68-42)59(40,53)62/h20-23,25-27,33-34,36,38-39,41-53,62H,19,24,28-32H2,1-18H3/b21-20+,35-23+,40-22+/t33-,34-,36-,38-,39-,41+,42-,43-,44+,45+,46-,47-,48-,49+,50+,51-,52-,53+,58+,59+/m0/s1. The number of esters is 2. The van der Waals surface area contributed by atoms with E-state index in [1.165, 1.54) is 0 Å². The van der Waals surface area contributed by atoms with Crippen LogP contribution in [0.2, 0.25) is 18.1 Å². The van der Waals surface area contributed by atoms with Crippen molar-refractivity contribution in [3.63, 3.8) is 0 Å². The van der Waals surface area contributed by atoms with E-state index in [0.717, 1.165) is 17.6 Å². The van der Waals surface area contributed by atoms with Crippen molar-refractivity contribution in [2.24, 2.45) is 29.1 Å². The molecule has 75 heavy (non-hydrogen) atoms. The first-order valence-corrected chi connectivity index (χ1v) is 30.8. The Kier molecular flexibility index (Phi) is 18.9. The summed E-state index contributed by atoms with van der Waals surface area (Å²) in [5.41, 5.74) is -0.0628. The molecule has 0 unspecified atom stereocenters. The predicted molar refractivity (Wildman–Crippen MR) is 287 cm³/mol. The summed E-state index contributed by atoms with van der Waals surface area (Å²) in [5, 5.41) is 13.1. The first-order valence-electron chi connectivity index (χ1n) is 27.9. The van der Waals surface area contributed by atoms with E-state index >= 15 is 0 Å². The molecule has 1 N–H and O–H groups in total. The lowest BCUT2D eigenvalue weighted by atomic mass is 9.71. The average Bonchev–Trinajstić information content (AvgIpc) is 3.67. The van der Waals surface area contributed by atoms with Crippen LogP contribution < -0.4 is 0 Å². The fraction of sp³-hybridized carbons (Fsp3) is 0.797. The van der Waals surface area contributed by atoms with E-state index in [0.29, 0.717) is 37.7 Å². The topological polar surface area (TPSA) is 165 Å². The average molecular weight is 1070 g/mol. The highest BCUT2D eigenvalue weighted by molar-refractivity contribution is 6.74. The summed E-state index contributed by atoms with van der Waals surface area (Å²) in [6, 6.07) is 0. The highest BCUT2D eigenvalue weighted by atomic mass is 28.4. The second kappa shape index (κ2) is 23.6. The minimum Gasteiger partial charge on any atom is -0.462 e. The van der Waals surface area contributed by atoms with Gasteiger partial charge in [-0.1, -0.05) is 91.3 Å². The van der Waals surface area contributed by atoms with Crippen molar-refractivity contribution in [2.75, 3.05) is 20.8 Å². The summed E-state index contributed by atoms with van der Waals surface area (Å²) in [6.45, 7) is 33.0. The molecule has 0 radical (unpaired) electrons. The van der Waals surface area contributed by atoms with Crippen LogP contribution in [0.15, 0.2) is 59.3 Å². The second-order valence-electron chi connectivity index (χ2n) is 25.4. The van der Waals surface area contributed by atoms with E-state index in [1.807, 2.05) is 65.8 Å². The molecule has 424 valence electrons. The maximum absolute atomic E-state index is 14.9. The Morgan fingerprint density at radius 1 is 0.853 bits per heavy atom. The number of allylic oxidation sites excluding steroid dienone is 2. The molecule has 4 fully saturated rings. The summed E-state index contributed by atoms with van der Waals surface area (Å²) in [7, 11) is 0.877. The van der Waals surface area contributed by atoms with E-state index in [4.69, 9.17) is 56.5 Å². The number of carbonyl (C=O) groups is 2. The fourth-order valence-electron chi connectivity index (χ4n) is 11.6. The van der Waals surface area contributed by atoms with Crippen LogP contribution in [0.1, 0.15) is 135 Å². The van der Waals surface area contributed by atoms with E-state index in [2.05, 4.69) is 86.7 Å². The molecular weight excluding hydrogens is 977 g/mol. The van der Waals surface area contributed by atoms with Crippen LogP contribution in [0.4, 0.5) is 0 Å². The molecule has 0 amide bonds. The lowest BCUT2D eigenvalue weighted by molar-refractivity contribution is -0.319. The molecule has 20 atom stereocenters. The maximum Gasteiger partial charge on any atom is 0.316 e. The van der Waals surface area contributed by atoms with Crippen LogP contribution in [0.5, 0.6) is 0 Å². The molecule has 15 nitrogen and oxygen atoms in total. The molecular formula is C59H94O15Si. The van der Waals surface area contributed by atoms with Crippen molar-refractivity contribution in [2.45, 2.75) is 251 Å².